The van der Waals surface area contributed by atoms with Crippen molar-refractivity contribution in [3.8, 4) is 5.88 Å². The summed E-state index contributed by atoms with van der Waals surface area (Å²) in [5, 5.41) is -0.263. The maximum atomic E-state index is 12.5. The molecule has 1 fully saturated rings. The van der Waals surface area contributed by atoms with Crippen LogP contribution in [0.25, 0.3) is 0 Å². The molecule has 1 heterocycles. The van der Waals surface area contributed by atoms with Crippen molar-refractivity contribution in [1.29, 1.82) is 0 Å². The van der Waals surface area contributed by atoms with E-state index in [1.807, 2.05) is 0 Å². The summed E-state index contributed by atoms with van der Waals surface area (Å²) in [7, 11) is 0. The molecule has 1 aromatic rings. The number of aromatic nitrogens is 2. The highest BCUT2D eigenvalue weighted by molar-refractivity contribution is 6.29. The predicted molar refractivity (Wildman–Crippen MR) is 64.1 cm³/mol. The van der Waals surface area contributed by atoms with Crippen LogP contribution in [0.5, 0.6) is 5.88 Å². The summed E-state index contributed by atoms with van der Waals surface area (Å²) < 4.78 is 42.8. The van der Waals surface area contributed by atoms with Gasteiger partial charge in [0.2, 0.25) is 11.7 Å². The van der Waals surface area contributed by atoms with E-state index in [0.717, 1.165) is 25.7 Å². The second-order valence-electron chi connectivity index (χ2n) is 4.67. The lowest BCUT2D eigenvalue weighted by atomic mass is 9.90. The Bertz CT molecular complexity index is 433. The minimum Gasteiger partial charge on any atom is -0.477 e. The number of hydrogen-bond donors (Lipinski definition) is 0. The largest absolute Gasteiger partial charge is 0.477 e. The fourth-order valence-electron chi connectivity index (χ4n) is 2.15. The van der Waals surface area contributed by atoms with Crippen LogP contribution in [0.3, 0.4) is 0 Å². The highest BCUT2D eigenvalue weighted by atomic mass is 35.5. The average Bonchev–Trinajstić information content (AvgIpc) is 2.36. The van der Waals surface area contributed by atoms with Gasteiger partial charge in [0, 0.05) is 6.07 Å². The molecule has 0 atom stereocenters. The summed E-state index contributed by atoms with van der Waals surface area (Å²) in [6, 6.07) is 1.21. The third kappa shape index (κ3) is 4.23. The minimum atomic E-state index is -4.62. The zero-order chi connectivity index (χ0) is 13.9. The first-order chi connectivity index (χ1) is 8.95. The number of ether oxygens (including phenoxy) is 1. The van der Waals surface area contributed by atoms with Crippen molar-refractivity contribution in [2.75, 3.05) is 6.61 Å². The molecule has 7 heteroatoms. The number of nitrogens with zero attached hydrogens (tertiary/aromatic N) is 2. The third-order valence-electron chi connectivity index (χ3n) is 3.12. The van der Waals surface area contributed by atoms with E-state index in [4.69, 9.17) is 16.3 Å². The van der Waals surface area contributed by atoms with E-state index in [0.29, 0.717) is 12.5 Å². The Kier molecular flexibility index (Phi) is 4.50. The Morgan fingerprint density at radius 1 is 1.21 bits per heavy atom. The first kappa shape index (κ1) is 14.4. The van der Waals surface area contributed by atoms with E-state index < -0.39 is 12.0 Å². The molecule has 3 nitrogen and oxygen atoms in total. The van der Waals surface area contributed by atoms with Crippen molar-refractivity contribution < 1.29 is 17.9 Å². The summed E-state index contributed by atoms with van der Waals surface area (Å²) in [5.41, 5.74) is 0. The van der Waals surface area contributed by atoms with Crippen LogP contribution in [-0.4, -0.2) is 16.6 Å². The van der Waals surface area contributed by atoms with E-state index in [1.165, 1.54) is 12.5 Å². The quantitative estimate of drug-likeness (QED) is 0.787. The molecule has 1 aliphatic rings. The Labute approximate surface area is 114 Å². The molecule has 0 unspecified atom stereocenters. The molecule has 0 spiro atoms. The molecule has 0 saturated heterocycles. The zero-order valence-corrected chi connectivity index (χ0v) is 11.0. The van der Waals surface area contributed by atoms with E-state index in [9.17, 15) is 13.2 Å². The molecule has 1 aromatic heterocycles. The smallest absolute Gasteiger partial charge is 0.451 e. The number of halogens is 4. The normalized spacial score (nSPS) is 17.5. The van der Waals surface area contributed by atoms with Crippen molar-refractivity contribution in [1.82, 2.24) is 9.97 Å². The molecule has 2 rings (SSSR count). The number of hydrogen-bond acceptors (Lipinski definition) is 3. The van der Waals surface area contributed by atoms with Gasteiger partial charge in [0.05, 0.1) is 6.61 Å². The predicted octanol–water partition coefficient (Wildman–Crippen LogP) is 4.11. The van der Waals surface area contributed by atoms with Gasteiger partial charge in [-0.2, -0.15) is 18.2 Å². The molecule has 0 bridgehead atoms. The molecule has 1 saturated carbocycles. The van der Waals surface area contributed by atoms with Crippen LogP contribution in [0, 0.1) is 5.92 Å². The van der Waals surface area contributed by atoms with Crippen LogP contribution >= 0.6 is 11.6 Å². The van der Waals surface area contributed by atoms with Gasteiger partial charge in [-0.1, -0.05) is 30.9 Å². The van der Waals surface area contributed by atoms with Gasteiger partial charge in [-0.05, 0) is 18.8 Å². The summed E-state index contributed by atoms with van der Waals surface area (Å²) in [4.78, 5) is 6.50. The van der Waals surface area contributed by atoms with Crippen LogP contribution in [0.1, 0.15) is 37.9 Å². The van der Waals surface area contributed by atoms with Gasteiger partial charge >= 0.3 is 6.18 Å². The third-order valence-corrected chi connectivity index (χ3v) is 3.31. The summed E-state index contributed by atoms with van der Waals surface area (Å²) in [6.45, 7) is 0.380. The Morgan fingerprint density at radius 3 is 2.53 bits per heavy atom. The van der Waals surface area contributed by atoms with Gasteiger partial charge in [-0.3, -0.25) is 0 Å². The second kappa shape index (κ2) is 5.94. The molecule has 0 N–H and O–H groups in total. The molecule has 19 heavy (non-hydrogen) atoms. The fraction of sp³-hybridized carbons (Fsp3) is 0.667. The number of rotatable bonds is 3. The zero-order valence-electron chi connectivity index (χ0n) is 10.2. The van der Waals surface area contributed by atoms with Crippen molar-refractivity contribution in [2.45, 2.75) is 38.3 Å². The van der Waals surface area contributed by atoms with Gasteiger partial charge in [0.15, 0.2) is 0 Å². The molecular formula is C12H14ClF3N2O. The molecular weight excluding hydrogens is 281 g/mol. The SMILES string of the molecule is FC(F)(F)c1nc(Cl)cc(OCC2CCCCC2)n1. The maximum Gasteiger partial charge on any atom is 0.451 e. The standard InChI is InChI=1S/C12H14ClF3N2O/c13-9-6-10(18-11(17-9)12(14,15)16)19-7-8-4-2-1-3-5-8/h6,8H,1-5,7H2. The highest BCUT2D eigenvalue weighted by Crippen LogP contribution is 2.29. The molecule has 0 amide bonds. The second-order valence-corrected chi connectivity index (χ2v) is 5.05. The average molecular weight is 295 g/mol. The lowest BCUT2D eigenvalue weighted by Crippen LogP contribution is -2.17. The topological polar surface area (TPSA) is 35.0 Å². The number of alkyl halides is 3. The van der Waals surface area contributed by atoms with Crippen LogP contribution < -0.4 is 4.74 Å². The Hall–Kier alpha value is -1.04. The van der Waals surface area contributed by atoms with Crippen LogP contribution in [-0.2, 0) is 6.18 Å². The molecule has 0 aliphatic heterocycles. The van der Waals surface area contributed by atoms with Crippen LogP contribution in [0.2, 0.25) is 5.15 Å². The molecule has 0 radical (unpaired) electrons. The first-order valence-electron chi connectivity index (χ1n) is 6.20. The lowest BCUT2D eigenvalue weighted by Gasteiger charge is -2.21. The van der Waals surface area contributed by atoms with E-state index in [2.05, 4.69) is 9.97 Å². The van der Waals surface area contributed by atoms with Gasteiger partial charge in [0.1, 0.15) is 5.15 Å². The first-order valence-corrected chi connectivity index (χ1v) is 6.57. The Balaban J connectivity index is 2.01. The minimum absolute atomic E-state index is 0.113. The summed E-state index contributed by atoms with van der Waals surface area (Å²) >= 11 is 5.55. The van der Waals surface area contributed by atoms with E-state index >= 15 is 0 Å². The van der Waals surface area contributed by atoms with Gasteiger partial charge in [-0.15, -0.1) is 0 Å². The molecule has 1 aliphatic carbocycles. The molecule has 106 valence electrons. The van der Waals surface area contributed by atoms with Crippen molar-refractivity contribution in [2.24, 2.45) is 5.92 Å². The van der Waals surface area contributed by atoms with Crippen molar-refractivity contribution in [3.05, 3.63) is 17.0 Å². The highest BCUT2D eigenvalue weighted by Gasteiger charge is 2.35. The van der Waals surface area contributed by atoms with Crippen LogP contribution in [0.4, 0.5) is 13.2 Å². The van der Waals surface area contributed by atoms with Crippen molar-refractivity contribution in [3.63, 3.8) is 0 Å². The van der Waals surface area contributed by atoms with E-state index in [1.54, 1.807) is 0 Å². The van der Waals surface area contributed by atoms with Gasteiger partial charge in [-0.25, -0.2) is 4.98 Å². The fourth-order valence-corrected chi connectivity index (χ4v) is 2.33. The van der Waals surface area contributed by atoms with Crippen molar-refractivity contribution >= 4 is 11.6 Å². The Morgan fingerprint density at radius 2 is 1.89 bits per heavy atom. The van der Waals surface area contributed by atoms with E-state index in [-0.39, 0.29) is 11.0 Å². The van der Waals surface area contributed by atoms with Crippen LogP contribution in [0.15, 0.2) is 6.07 Å². The lowest BCUT2D eigenvalue weighted by molar-refractivity contribution is -0.145. The van der Waals surface area contributed by atoms with Gasteiger partial charge < -0.3 is 4.74 Å². The monoisotopic (exact) mass is 294 g/mol. The summed E-state index contributed by atoms with van der Waals surface area (Å²) in [5.74, 6) is -0.992. The molecule has 0 aromatic carbocycles. The van der Waals surface area contributed by atoms with Gasteiger partial charge in [0.25, 0.3) is 0 Å². The summed E-state index contributed by atoms with van der Waals surface area (Å²) in [6.07, 6.45) is 0.983. The maximum absolute atomic E-state index is 12.5.